The van der Waals surface area contributed by atoms with Gasteiger partial charge in [0.15, 0.2) is 0 Å². The Balaban J connectivity index is 0.000000913. The van der Waals surface area contributed by atoms with Crippen LogP contribution in [0.3, 0.4) is 0 Å². The van der Waals surface area contributed by atoms with Crippen molar-refractivity contribution in [3.63, 3.8) is 0 Å². The molecule has 0 atom stereocenters. The number of benzene rings is 4. The average molecular weight is 540 g/mol. The molecule has 0 aliphatic heterocycles. The van der Waals surface area contributed by atoms with Crippen molar-refractivity contribution < 1.29 is 12.7 Å². The zero-order valence-corrected chi connectivity index (χ0v) is 21.9. The van der Waals surface area contributed by atoms with Gasteiger partial charge in [-0.2, -0.15) is 0 Å². The van der Waals surface area contributed by atoms with Gasteiger partial charge in [0.05, 0.1) is 0 Å². The van der Waals surface area contributed by atoms with Gasteiger partial charge in [-0.25, -0.2) is 0 Å². The Morgan fingerprint density at radius 1 is 0.531 bits per heavy atom. The molecule has 0 radical (unpaired) electrons. The number of hydrogen-bond donors (Lipinski definition) is 0. The second-order valence-electron chi connectivity index (χ2n) is 6.71. The summed E-state index contributed by atoms with van der Waals surface area (Å²) in [5.41, 5.74) is 0. The molecule has 0 saturated carbocycles. The van der Waals surface area contributed by atoms with Gasteiger partial charge in [0.1, 0.15) is 0 Å². The van der Waals surface area contributed by atoms with Crippen molar-refractivity contribution in [2.24, 2.45) is 0 Å². The van der Waals surface area contributed by atoms with E-state index >= 15 is 0 Å². The van der Waals surface area contributed by atoms with Crippen molar-refractivity contribution in [1.82, 2.24) is 0 Å². The van der Waals surface area contributed by atoms with Crippen LogP contribution in [0.5, 0.6) is 0 Å². The van der Waals surface area contributed by atoms with Gasteiger partial charge in [-0.3, -0.25) is 0 Å². The predicted octanol–water partition coefficient (Wildman–Crippen LogP) is 7.49. The zero-order chi connectivity index (χ0) is 22.6. The standard InChI is InChI=1S/C27H24P2.2ClH.Ni/c1-2-27(28(23-15-7-3-8-16-23)24-17-9-4-10-18-24)29(25-19-11-5-12-20-25)26-21-13-6-14-22-26;;;/h2-22H,1H3;2*1H;/q;;;+2/p-2. The second-order valence-corrected chi connectivity index (χ2v) is 13.1. The third-order valence-electron chi connectivity index (χ3n) is 4.77. The molecule has 0 bridgehead atoms. The normalized spacial score (nSPS) is 10.5. The molecule has 0 aliphatic carbocycles. The maximum absolute atomic E-state index is 4.70. The van der Waals surface area contributed by atoms with E-state index in [-0.39, 0.29) is 0 Å². The van der Waals surface area contributed by atoms with Crippen LogP contribution >= 0.6 is 36.2 Å². The molecule has 0 aliphatic rings. The van der Waals surface area contributed by atoms with Gasteiger partial charge in [0.2, 0.25) is 0 Å². The predicted molar refractivity (Wildman–Crippen MR) is 144 cm³/mol. The third-order valence-corrected chi connectivity index (χ3v) is 10.7. The molecule has 5 heteroatoms. The average Bonchev–Trinajstić information content (AvgIpc) is 2.87. The van der Waals surface area contributed by atoms with Gasteiger partial charge >= 0.3 is 33.0 Å². The second kappa shape index (κ2) is 14.0. The summed E-state index contributed by atoms with van der Waals surface area (Å²) >= 11 is 0.569. The summed E-state index contributed by atoms with van der Waals surface area (Å²) in [4.78, 5) is 0. The van der Waals surface area contributed by atoms with Crippen molar-refractivity contribution in [3.8, 4) is 0 Å². The van der Waals surface area contributed by atoms with E-state index in [9.17, 15) is 0 Å². The molecule has 0 amide bonds. The van der Waals surface area contributed by atoms with Crippen LogP contribution < -0.4 is 21.2 Å². The van der Waals surface area contributed by atoms with Gasteiger partial charge < -0.3 is 0 Å². The van der Waals surface area contributed by atoms with Crippen LogP contribution in [0.15, 0.2) is 132 Å². The molecule has 166 valence electrons. The van der Waals surface area contributed by atoms with Crippen LogP contribution in [0.1, 0.15) is 6.92 Å². The molecule has 0 fully saturated rings. The van der Waals surface area contributed by atoms with E-state index < -0.39 is 15.8 Å². The molecule has 4 aromatic rings. The Bertz CT molecular complexity index is 912. The molecule has 0 unspecified atom stereocenters. The molecule has 0 aromatic heterocycles. The summed E-state index contributed by atoms with van der Waals surface area (Å²) in [5, 5.41) is 7.15. The van der Waals surface area contributed by atoms with E-state index in [1.807, 2.05) is 0 Å². The van der Waals surface area contributed by atoms with Crippen LogP contribution in [0.4, 0.5) is 0 Å². The SMILES string of the molecule is CC=C(P(c1ccccc1)c1ccccc1)P(c1ccccc1)c1ccccc1.[Cl][Ni][Cl]. The van der Waals surface area contributed by atoms with Crippen LogP contribution in [0.2, 0.25) is 0 Å². The summed E-state index contributed by atoms with van der Waals surface area (Å²) in [7, 11) is 8.18. The Hall–Kier alpha value is -1.45. The fraction of sp³-hybridized carbons (Fsp3) is 0.0370. The van der Waals surface area contributed by atoms with Crippen LogP contribution in [-0.2, 0) is 12.7 Å². The van der Waals surface area contributed by atoms with Crippen LogP contribution in [0.25, 0.3) is 0 Å². The van der Waals surface area contributed by atoms with E-state index in [1.54, 1.807) is 0 Å². The fourth-order valence-corrected chi connectivity index (χ4v) is 9.73. The number of halogens is 2. The summed E-state index contributed by atoms with van der Waals surface area (Å²) in [6.45, 7) is 2.21. The molecule has 0 N–H and O–H groups in total. The van der Waals surface area contributed by atoms with E-state index in [0.717, 1.165) is 0 Å². The van der Waals surface area contributed by atoms with E-state index in [2.05, 4.69) is 134 Å². The Morgan fingerprint density at radius 2 is 0.750 bits per heavy atom. The number of rotatable bonds is 6. The first-order chi connectivity index (χ1) is 15.8. The van der Waals surface area contributed by atoms with Crippen molar-refractivity contribution in [1.29, 1.82) is 0 Å². The maximum atomic E-state index is 4.70. The van der Waals surface area contributed by atoms with E-state index in [1.165, 1.54) is 26.3 Å². The van der Waals surface area contributed by atoms with E-state index in [4.69, 9.17) is 20.4 Å². The Morgan fingerprint density at radius 3 is 0.938 bits per heavy atom. The molecule has 4 aromatic carbocycles. The van der Waals surface area contributed by atoms with Gasteiger partial charge in [-0.15, -0.1) is 0 Å². The molecule has 0 nitrogen and oxygen atoms in total. The minimum atomic E-state index is -0.611. The van der Waals surface area contributed by atoms with Gasteiger partial charge in [-0.05, 0) is 49.0 Å². The van der Waals surface area contributed by atoms with E-state index in [0.29, 0.717) is 12.7 Å². The van der Waals surface area contributed by atoms with Crippen molar-refractivity contribution in [3.05, 3.63) is 132 Å². The van der Waals surface area contributed by atoms with Gasteiger partial charge in [0, 0.05) is 0 Å². The van der Waals surface area contributed by atoms with Gasteiger partial charge in [-0.1, -0.05) is 127 Å². The minimum absolute atomic E-state index is 0.569. The van der Waals surface area contributed by atoms with Crippen molar-refractivity contribution in [2.45, 2.75) is 6.92 Å². The molecular formula is C27H24Cl2NiP2. The third kappa shape index (κ3) is 6.78. The topological polar surface area (TPSA) is 0 Å². The molecular weight excluding hydrogens is 516 g/mol. The Kier molecular flexibility index (Phi) is 11.0. The summed E-state index contributed by atoms with van der Waals surface area (Å²) < 4.78 is 0. The first-order valence-corrected chi connectivity index (χ1v) is 15.5. The van der Waals surface area contributed by atoms with Crippen LogP contribution in [-0.4, -0.2) is 0 Å². The molecule has 4 rings (SSSR count). The van der Waals surface area contributed by atoms with Crippen molar-refractivity contribution in [2.75, 3.05) is 0 Å². The molecule has 0 saturated heterocycles. The molecule has 0 spiro atoms. The number of hydrogen-bond acceptors (Lipinski definition) is 0. The first kappa shape index (κ1) is 25.2. The van der Waals surface area contributed by atoms with Gasteiger partial charge in [0.25, 0.3) is 0 Å². The Labute approximate surface area is 208 Å². The summed E-state index contributed by atoms with van der Waals surface area (Å²) in [6.07, 6.45) is 2.37. The molecule has 32 heavy (non-hydrogen) atoms. The van der Waals surface area contributed by atoms with Crippen LogP contribution in [0, 0.1) is 0 Å². The quantitative estimate of drug-likeness (QED) is 0.176. The monoisotopic (exact) mass is 538 g/mol. The fourth-order valence-electron chi connectivity index (χ4n) is 3.49. The first-order valence-electron chi connectivity index (χ1n) is 10.1. The molecule has 0 heterocycles. The zero-order valence-electron chi connectivity index (χ0n) is 17.6. The number of allylic oxidation sites excluding steroid dienone is 1. The summed E-state index contributed by atoms with van der Waals surface area (Å²) in [5.74, 6) is 0. The summed E-state index contributed by atoms with van der Waals surface area (Å²) in [6, 6.07) is 44.0. The van der Waals surface area contributed by atoms with Crippen molar-refractivity contribution >= 4 is 57.4 Å².